The van der Waals surface area contributed by atoms with E-state index in [9.17, 15) is 4.79 Å². The SMILES string of the molecule is CC(C)c1ccc(-n2cnnc2SCC(=O)N2CCn3cccc3C2c2ccccc2)cc1. The monoisotopic (exact) mass is 457 g/mol. The molecule has 1 aliphatic rings. The molecule has 0 saturated carbocycles. The summed E-state index contributed by atoms with van der Waals surface area (Å²) in [5.74, 6) is 0.896. The number of amides is 1. The molecular weight excluding hydrogens is 430 g/mol. The maximum atomic E-state index is 13.4. The van der Waals surface area contributed by atoms with Crippen LogP contribution in [-0.4, -0.2) is 42.4 Å². The van der Waals surface area contributed by atoms with Crippen LogP contribution in [0.1, 0.15) is 42.6 Å². The van der Waals surface area contributed by atoms with Gasteiger partial charge in [-0.15, -0.1) is 10.2 Å². The Hall–Kier alpha value is -3.32. The molecule has 0 bridgehead atoms. The highest BCUT2D eigenvalue weighted by atomic mass is 32.2. The fraction of sp³-hybridized carbons (Fsp3) is 0.269. The molecule has 0 aliphatic carbocycles. The molecule has 0 N–H and O–H groups in total. The van der Waals surface area contributed by atoms with Gasteiger partial charge >= 0.3 is 0 Å². The third-order valence-electron chi connectivity index (χ3n) is 6.15. The lowest BCUT2D eigenvalue weighted by Crippen LogP contribution is -2.43. The Bertz CT molecular complexity index is 1230. The molecule has 4 aromatic rings. The van der Waals surface area contributed by atoms with Gasteiger partial charge in [-0.2, -0.15) is 0 Å². The smallest absolute Gasteiger partial charge is 0.233 e. The lowest BCUT2D eigenvalue weighted by atomic mass is 10.00. The molecule has 1 unspecified atom stereocenters. The topological polar surface area (TPSA) is 56.0 Å². The third kappa shape index (κ3) is 4.33. The number of carbonyl (C=O) groups excluding carboxylic acids is 1. The van der Waals surface area contributed by atoms with Gasteiger partial charge in [0.05, 0.1) is 11.8 Å². The molecule has 6 nitrogen and oxygen atoms in total. The molecule has 0 spiro atoms. The lowest BCUT2D eigenvalue weighted by molar-refractivity contribution is -0.131. The van der Waals surface area contributed by atoms with Gasteiger partial charge in [0.2, 0.25) is 5.91 Å². The lowest BCUT2D eigenvalue weighted by Gasteiger charge is -2.37. The molecule has 7 heteroatoms. The number of fused-ring (bicyclic) bond motifs is 1. The first-order valence-corrected chi connectivity index (χ1v) is 12.2. The normalized spacial score (nSPS) is 15.6. The number of hydrogen-bond donors (Lipinski definition) is 0. The van der Waals surface area contributed by atoms with Crippen molar-refractivity contribution >= 4 is 17.7 Å². The van der Waals surface area contributed by atoms with Crippen molar-refractivity contribution in [3.05, 3.63) is 96.1 Å². The van der Waals surface area contributed by atoms with Gasteiger partial charge in [0.1, 0.15) is 6.33 Å². The first-order chi connectivity index (χ1) is 16.1. The van der Waals surface area contributed by atoms with Crippen molar-refractivity contribution in [3.63, 3.8) is 0 Å². The van der Waals surface area contributed by atoms with Gasteiger partial charge < -0.3 is 9.47 Å². The summed E-state index contributed by atoms with van der Waals surface area (Å²) in [4.78, 5) is 15.4. The molecule has 3 heterocycles. The number of aromatic nitrogens is 4. The van der Waals surface area contributed by atoms with Crippen LogP contribution in [0.15, 0.2) is 84.4 Å². The number of benzene rings is 2. The Kier molecular flexibility index (Phi) is 6.05. The standard InChI is InChI=1S/C26H27N5OS/c1-19(2)20-10-12-22(13-11-20)31-18-27-28-26(31)33-17-24(32)30-16-15-29-14-6-9-23(29)25(30)21-7-4-3-5-8-21/h3-14,18-19,25H,15-17H2,1-2H3. The van der Waals surface area contributed by atoms with E-state index >= 15 is 0 Å². The molecule has 0 saturated heterocycles. The Labute approximate surface area is 198 Å². The summed E-state index contributed by atoms with van der Waals surface area (Å²) in [5, 5.41) is 9.09. The Balaban J connectivity index is 1.34. The molecule has 2 aromatic heterocycles. The van der Waals surface area contributed by atoms with Gasteiger partial charge in [-0.25, -0.2) is 0 Å². The van der Waals surface area contributed by atoms with E-state index in [4.69, 9.17) is 0 Å². The molecule has 33 heavy (non-hydrogen) atoms. The van der Waals surface area contributed by atoms with E-state index in [1.807, 2.05) is 27.7 Å². The highest BCUT2D eigenvalue weighted by Crippen LogP contribution is 2.33. The predicted octanol–water partition coefficient (Wildman–Crippen LogP) is 4.92. The summed E-state index contributed by atoms with van der Waals surface area (Å²) in [5.41, 5.74) is 4.57. The number of rotatable bonds is 6. The largest absolute Gasteiger partial charge is 0.348 e. The highest BCUT2D eigenvalue weighted by molar-refractivity contribution is 7.99. The van der Waals surface area contributed by atoms with E-state index in [1.54, 1.807) is 6.33 Å². The van der Waals surface area contributed by atoms with Crippen LogP contribution in [0.4, 0.5) is 0 Å². The molecule has 1 atom stereocenters. The second-order valence-electron chi connectivity index (χ2n) is 8.55. The van der Waals surface area contributed by atoms with Crippen molar-refractivity contribution < 1.29 is 4.79 Å². The number of nitrogens with zero attached hydrogens (tertiary/aromatic N) is 5. The van der Waals surface area contributed by atoms with E-state index in [1.165, 1.54) is 17.3 Å². The van der Waals surface area contributed by atoms with Gasteiger partial charge in [0.25, 0.3) is 0 Å². The van der Waals surface area contributed by atoms with E-state index < -0.39 is 0 Å². The molecule has 5 rings (SSSR count). The molecule has 2 aromatic carbocycles. The van der Waals surface area contributed by atoms with Gasteiger partial charge in [-0.05, 0) is 41.3 Å². The Morgan fingerprint density at radius 1 is 1.03 bits per heavy atom. The van der Waals surface area contributed by atoms with Gasteiger partial charge in [-0.3, -0.25) is 9.36 Å². The summed E-state index contributed by atoms with van der Waals surface area (Å²) >= 11 is 1.43. The van der Waals surface area contributed by atoms with Gasteiger partial charge in [-0.1, -0.05) is 68.1 Å². The van der Waals surface area contributed by atoms with E-state index in [0.717, 1.165) is 28.6 Å². The summed E-state index contributed by atoms with van der Waals surface area (Å²) in [6, 6.07) is 22.8. The highest BCUT2D eigenvalue weighted by Gasteiger charge is 2.32. The fourth-order valence-electron chi connectivity index (χ4n) is 4.37. The summed E-state index contributed by atoms with van der Waals surface area (Å²) in [6.07, 6.45) is 3.80. The number of carbonyl (C=O) groups is 1. The van der Waals surface area contributed by atoms with Crippen LogP contribution in [0.3, 0.4) is 0 Å². The average Bonchev–Trinajstić information content (AvgIpc) is 3.52. The van der Waals surface area contributed by atoms with Crippen LogP contribution < -0.4 is 0 Å². The minimum atomic E-state index is -0.0792. The van der Waals surface area contributed by atoms with Crippen LogP contribution in [0, 0.1) is 0 Å². The van der Waals surface area contributed by atoms with Crippen molar-refractivity contribution in [1.29, 1.82) is 0 Å². The number of hydrogen-bond acceptors (Lipinski definition) is 4. The van der Waals surface area contributed by atoms with Crippen molar-refractivity contribution in [2.75, 3.05) is 12.3 Å². The Morgan fingerprint density at radius 2 is 1.82 bits per heavy atom. The maximum Gasteiger partial charge on any atom is 0.233 e. The molecule has 0 fully saturated rings. The van der Waals surface area contributed by atoms with Crippen LogP contribution in [0.25, 0.3) is 5.69 Å². The van der Waals surface area contributed by atoms with Crippen LogP contribution in [-0.2, 0) is 11.3 Å². The summed E-state index contributed by atoms with van der Waals surface area (Å²) < 4.78 is 4.18. The molecule has 1 aliphatic heterocycles. The fourth-order valence-corrected chi connectivity index (χ4v) is 5.18. The van der Waals surface area contributed by atoms with Crippen molar-refractivity contribution in [2.45, 2.75) is 37.5 Å². The quantitative estimate of drug-likeness (QED) is 0.386. The molecule has 168 valence electrons. The van der Waals surface area contributed by atoms with Crippen LogP contribution in [0.5, 0.6) is 0 Å². The zero-order valence-electron chi connectivity index (χ0n) is 18.8. The molecule has 1 amide bonds. The number of thioether (sulfide) groups is 1. The van der Waals surface area contributed by atoms with Crippen molar-refractivity contribution in [3.8, 4) is 5.69 Å². The molecule has 0 radical (unpaired) electrons. The van der Waals surface area contributed by atoms with Gasteiger partial charge in [0, 0.05) is 30.7 Å². The zero-order valence-corrected chi connectivity index (χ0v) is 19.7. The minimum Gasteiger partial charge on any atom is -0.348 e. The van der Waals surface area contributed by atoms with E-state index in [2.05, 4.69) is 83.3 Å². The molecular formula is C26H27N5OS. The second kappa shape index (κ2) is 9.27. The van der Waals surface area contributed by atoms with Crippen molar-refractivity contribution in [1.82, 2.24) is 24.2 Å². The van der Waals surface area contributed by atoms with Crippen LogP contribution >= 0.6 is 11.8 Å². The van der Waals surface area contributed by atoms with E-state index in [-0.39, 0.29) is 11.9 Å². The van der Waals surface area contributed by atoms with E-state index in [0.29, 0.717) is 18.2 Å². The first kappa shape index (κ1) is 21.5. The van der Waals surface area contributed by atoms with Crippen LogP contribution in [0.2, 0.25) is 0 Å². The second-order valence-corrected chi connectivity index (χ2v) is 9.49. The van der Waals surface area contributed by atoms with Gasteiger partial charge in [0.15, 0.2) is 5.16 Å². The maximum absolute atomic E-state index is 13.4. The summed E-state index contributed by atoms with van der Waals surface area (Å²) in [6.45, 7) is 5.85. The minimum absolute atomic E-state index is 0.0792. The zero-order chi connectivity index (χ0) is 22.8. The Morgan fingerprint density at radius 3 is 2.58 bits per heavy atom. The summed E-state index contributed by atoms with van der Waals surface area (Å²) in [7, 11) is 0. The van der Waals surface area contributed by atoms with Crippen molar-refractivity contribution in [2.24, 2.45) is 0 Å². The first-order valence-electron chi connectivity index (χ1n) is 11.2. The third-order valence-corrected chi connectivity index (χ3v) is 7.08. The average molecular weight is 458 g/mol. The predicted molar refractivity (Wildman–Crippen MR) is 131 cm³/mol.